The topological polar surface area (TPSA) is 79.5 Å². The van der Waals surface area contributed by atoms with Crippen molar-refractivity contribution in [2.45, 2.75) is 6.42 Å². The quantitative estimate of drug-likeness (QED) is 0.703. The number of benzene rings is 2. The number of carbonyl (C=O) groups is 2. The highest BCUT2D eigenvalue weighted by molar-refractivity contribution is 9.10. The maximum atomic E-state index is 11.8. The molecule has 3 amide bonds. The number of amides is 3. The predicted octanol–water partition coefficient (Wildman–Crippen LogP) is 3.61. The van der Waals surface area contributed by atoms with E-state index in [4.69, 9.17) is 4.74 Å². The summed E-state index contributed by atoms with van der Waals surface area (Å²) in [5.41, 5.74) is 1.28. The van der Waals surface area contributed by atoms with E-state index in [1.165, 1.54) is 7.11 Å². The van der Waals surface area contributed by atoms with E-state index in [9.17, 15) is 9.59 Å². The van der Waals surface area contributed by atoms with E-state index in [1.807, 2.05) is 18.2 Å². The zero-order valence-electron chi connectivity index (χ0n) is 13.1. The van der Waals surface area contributed by atoms with Crippen LogP contribution in [0.4, 0.5) is 16.2 Å². The van der Waals surface area contributed by atoms with Crippen LogP contribution < -0.4 is 20.7 Å². The van der Waals surface area contributed by atoms with Crippen LogP contribution in [0.5, 0.6) is 5.75 Å². The third-order valence-corrected chi connectivity index (χ3v) is 3.65. The predicted molar refractivity (Wildman–Crippen MR) is 97.4 cm³/mol. The Labute approximate surface area is 148 Å². The van der Waals surface area contributed by atoms with Gasteiger partial charge in [0, 0.05) is 23.1 Å². The smallest absolute Gasteiger partial charge is 0.319 e. The normalized spacial score (nSPS) is 9.92. The van der Waals surface area contributed by atoms with Gasteiger partial charge in [0.2, 0.25) is 5.91 Å². The summed E-state index contributed by atoms with van der Waals surface area (Å²) < 4.78 is 6.09. The van der Waals surface area contributed by atoms with E-state index >= 15 is 0 Å². The number of hydrogen-bond donors (Lipinski definition) is 3. The molecule has 3 N–H and O–H groups in total. The molecule has 2 rings (SSSR count). The Kier molecular flexibility index (Phi) is 6.62. The summed E-state index contributed by atoms with van der Waals surface area (Å²) in [6, 6.07) is 14.0. The van der Waals surface area contributed by atoms with Crippen molar-refractivity contribution in [2.24, 2.45) is 0 Å². The number of halogens is 1. The number of para-hydroxylation sites is 2. The van der Waals surface area contributed by atoms with Gasteiger partial charge in [-0.05, 0) is 36.4 Å². The summed E-state index contributed by atoms with van der Waals surface area (Å²) >= 11 is 3.33. The van der Waals surface area contributed by atoms with Gasteiger partial charge in [-0.1, -0.05) is 28.1 Å². The van der Waals surface area contributed by atoms with E-state index in [-0.39, 0.29) is 18.9 Å². The number of nitrogens with one attached hydrogen (secondary N) is 3. The second-order valence-corrected chi connectivity index (χ2v) is 5.80. The van der Waals surface area contributed by atoms with Crippen LogP contribution in [0.1, 0.15) is 6.42 Å². The monoisotopic (exact) mass is 391 g/mol. The first-order chi connectivity index (χ1) is 11.6. The Bertz CT molecular complexity index is 704. The van der Waals surface area contributed by atoms with Gasteiger partial charge in [0.1, 0.15) is 5.75 Å². The Hall–Kier alpha value is -2.54. The van der Waals surface area contributed by atoms with Crippen LogP contribution in [-0.4, -0.2) is 25.6 Å². The first kappa shape index (κ1) is 17.8. The zero-order valence-corrected chi connectivity index (χ0v) is 14.7. The lowest BCUT2D eigenvalue weighted by atomic mass is 10.3. The highest BCUT2D eigenvalue weighted by Gasteiger charge is 2.07. The molecule has 0 bridgehead atoms. The molecule has 0 heterocycles. The lowest BCUT2D eigenvalue weighted by Crippen LogP contribution is -2.31. The molecule has 0 aliphatic rings. The number of methoxy groups -OCH3 is 1. The van der Waals surface area contributed by atoms with Crippen LogP contribution in [0.2, 0.25) is 0 Å². The minimum absolute atomic E-state index is 0.171. The fourth-order valence-electron chi connectivity index (χ4n) is 1.96. The molecule has 0 aliphatic heterocycles. The third kappa shape index (κ3) is 5.58. The second-order valence-electron chi connectivity index (χ2n) is 4.89. The largest absolute Gasteiger partial charge is 0.495 e. The Balaban J connectivity index is 1.74. The molecule has 24 heavy (non-hydrogen) atoms. The van der Waals surface area contributed by atoms with Crippen molar-refractivity contribution >= 4 is 39.2 Å². The van der Waals surface area contributed by atoms with Gasteiger partial charge in [-0.2, -0.15) is 0 Å². The van der Waals surface area contributed by atoms with Gasteiger partial charge in [0.05, 0.1) is 12.8 Å². The van der Waals surface area contributed by atoms with Crippen molar-refractivity contribution in [1.82, 2.24) is 5.32 Å². The standard InChI is InChI=1S/C17H18BrN3O3/c1-24-15-5-3-2-4-14(15)21-17(23)19-11-10-16(22)20-13-8-6-12(18)7-9-13/h2-9H,10-11H2,1H3,(H,20,22)(H2,19,21,23). The molecular formula is C17H18BrN3O3. The number of carbonyl (C=O) groups excluding carboxylic acids is 2. The van der Waals surface area contributed by atoms with Gasteiger partial charge < -0.3 is 20.7 Å². The lowest BCUT2D eigenvalue weighted by molar-refractivity contribution is -0.116. The fourth-order valence-corrected chi connectivity index (χ4v) is 2.23. The third-order valence-electron chi connectivity index (χ3n) is 3.12. The maximum Gasteiger partial charge on any atom is 0.319 e. The summed E-state index contributed by atoms with van der Waals surface area (Å²) in [6.07, 6.45) is 0.176. The van der Waals surface area contributed by atoms with Crippen molar-refractivity contribution in [3.63, 3.8) is 0 Å². The van der Waals surface area contributed by atoms with Gasteiger partial charge in [0.25, 0.3) is 0 Å². The summed E-state index contributed by atoms with van der Waals surface area (Å²) in [4.78, 5) is 23.7. The number of rotatable bonds is 6. The molecular weight excluding hydrogens is 374 g/mol. The zero-order chi connectivity index (χ0) is 17.4. The van der Waals surface area contributed by atoms with Crippen molar-refractivity contribution < 1.29 is 14.3 Å². The molecule has 0 fully saturated rings. The van der Waals surface area contributed by atoms with Crippen LogP contribution in [0, 0.1) is 0 Å². The van der Waals surface area contributed by atoms with E-state index in [1.54, 1.807) is 30.3 Å². The van der Waals surface area contributed by atoms with Crippen molar-refractivity contribution in [3.05, 3.63) is 53.0 Å². The molecule has 0 saturated heterocycles. The highest BCUT2D eigenvalue weighted by Crippen LogP contribution is 2.22. The molecule has 0 aromatic heterocycles. The van der Waals surface area contributed by atoms with Crippen molar-refractivity contribution in [1.29, 1.82) is 0 Å². The molecule has 0 spiro atoms. The van der Waals surface area contributed by atoms with Gasteiger partial charge >= 0.3 is 6.03 Å². The number of anilines is 2. The SMILES string of the molecule is COc1ccccc1NC(=O)NCCC(=O)Nc1ccc(Br)cc1. The van der Waals surface area contributed by atoms with E-state index in [0.29, 0.717) is 17.1 Å². The minimum atomic E-state index is -0.393. The molecule has 0 saturated carbocycles. The van der Waals surface area contributed by atoms with E-state index in [2.05, 4.69) is 31.9 Å². The van der Waals surface area contributed by atoms with Crippen LogP contribution in [0.25, 0.3) is 0 Å². The molecule has 0 aliphatic carbocycles. The fraction of sp³-hybridized carbons (Fsp3) is 0.176. The number of hydrogen-bond acceptors (Lipinski definition) is 3. The van der Waals surface area contributed by atoms with E-state index in [0.717, 1.165) is 4.47 Å². The molecule has 0 atom stereocenters. The first-order valence-corrected chi connectivity index (χ1v) is 8.11. The van der Waals surface area contributed by atoms with Crippen LogP contribution in [0.15, 0.2) is 53.0 Å². The molecule has 2 aromatic rings. The Morgan fingerprint density at radius 1 is 1.04 bits per heavy atom. The summed E-state index contributed by atoms with van der Waals surface area (Å²) in [5, 5.41) is 8.07. The number of urea groups is 1. The molecule has 7 heteroatoms. The molecule has 6 nitrogen and oxygen atoms in total. The van der Waals surface area contributed by atoms with Crippen LogP contribution >= 0.6 is 15.9 Å². The van der Waals surface area contributed by atoms with Crippen molar-refractivity contribution in [2.75, 3.05) is 24.3 Å². The van der Waals surface area contributed by atoms with Gasteiger partial charge in [-0.15, -0.1) is 0 Å². The Morgan fingerprint density at radius 3 is 2.46 bits per heavy atom. The maximum absolute atomic E-state index is 11.8. The summed E-state index contributed by atoms with van der Waals surface area (Å²) in [6.45, 7) is 0.226. The first-order valence-electron chi connectivity index (χ1n) is 7.32. The van der Waals surface area contributed by atoms with Crippen molar-refractivity contribution in [3.8, 4) is 5.75 Å². The number of ether oxygens (including phenoxy) is 1. The van der Waals surface area contributed by atoms with Gasteiger partial charge in [-0.25, -0.2) is 4.79 Å². The second kappa shape index (κ2) is 8.93. The highest BCUT2D eigenvalue weighted by atomic mass is 79.9. The summed E-state index contributed by atoms with van der Waals surface area (Å²) in [5.74, 6) is 0.399. The average Bonchev–Trinajstić information content (AvgIpc) is 2.57. The minimum Gasteiger partial charge on any atom is -0.495 e. The lowest BCUT2D eigenvalue weighted by Gasteiger charge is -2.11. The molecule has 0 radical (unpaired) electrons. The van der Waals surface area contributed by atoms with Gasteiger partial charge in [-0.3, -0.25) is 4.79 Å². The summed E-state index contributed by atoms with van der Waals surface area (Å²) in [7, 11) is 1.53. The van der Waals surface area contributed by atoms with Crippen LogP contribution in [-0.2, 0) is 4.79 Å². The Morgan fingerprint density at radius 2 is 1.75 bits per heavy atom. The molecule has 126 valence electrons. The van der Waals surface area contributed by atoms with Gasteiger partial charge in [0.15, 0.2) is 0 Å². The molecule has 2 aromatic carbocycles. The molecule has 0 unspecified atom stereocenters. The average molecular weight is 392 g/mol. The van der Waals surface area contributed by atoms with E-state index < -0.39 is 6.03 Å². The van der Waals surface area contributed by atoms with Crippen LogP contribution in [0.3, 0.4) is 0 Å².